The largest absolute Gasteiger partial charge is 0.0805 e. The second-order valence-corrected chi connectivity index (χ2v) is 6.60. The molecule has 0 aliphatic heterocycles. The highest BCUT2D eigenvalue weighted by Gasteiger charge is 2.09. The lowest BCUT2D eigenvalue weighted by molar-refractivity contribution is 1.24. The van der Waals surface area contributed by atoms with Gasteiger partial charge in [-0.1, -0.05) is 49.6 Å². The molecule has 0 radical (unpaired) electrons. The summed E-state index contributed by atoms with van der Waals surface area (Å²) in [6, 6.07) is 0. The van der Waals surface area contributed by atoms with Crippen molar-refractivity contribution in [2.24, 2.45) is 0 Å². The van der Waals surface area contributed by atoms with Crippen LogP contribution >= 0.6 is 0 Å². The Kier molecular flexibility index (Phi) is 2.78. The van der Waals surface area contributed by atoms with E-state index in [1.165, 1.54) is 5.57 Å². The maximum absolute atomic E-state index is 2.36. The maximum atomic E-state index is 2.36. The molecule has 2 aliphatic carbocycles. The fraction of sp³-hybridized carbons (Fsp3) is 0.308. The molecule has 2 rings (SSSR count). The molecule has 0 fully saturated rings. The molecule has 1 heteroatoms. The molecule has 0 bridgehead atoms. The summed E-state index contributed by atoms with van der Waals surface area (Å²) < 4.78 is 0. The summed E-state index contributed by atoms with van der Waals surface area (Å²) in [4.78, 5) is 0. The third-order valence-corrected chi connectivity index (χ3v) is 4.25. The molecule has 0 atom stereocenters. The highest BCUT2D eigenvalue weighted by molar-refractivity contribution is 6.74. The van der Waals surface area contributed by atoms with Crippen LogP contribution in [0.15, 0.2) is 47.6 Å². The van der Waals surface area contributed by atoms with Gasteiger partial charge >= 0.3 is 0 Å². The molecule has 0 heterocycles. The molecule has 2 aliphatic rings. The monoisotopic (exact) mass is 200 g/mol. The smallest absolute Gasteiger partial charge is 0.0132 e. The van der Waals surface area contributed by atoms with Crippen LogP contribution in [0.4, 0.5) is 0 Å². The molecular weight excluding hydrogens is 184 g/mol. The van der Waals surface area contributed by atoms with Gasteiger partial charge in [0.2, 0.25) is 0 Å². The van der Waals surface area contributed by atoms with E-state index >= 15 is 0 Å². The number of hydrogen-bond acceptors (Lipinski definition) is 0. The molecule has 0 N–H and O–H groups in total. The van der Waals surface area contributed by atoms with E-state index in [9.17, 15) is 0 Å². The molecule has 72 valence electrons. The first-order valence-electron chi connectivity index (χ1n) is 5.18. The molecule has 0 unspecified atom stereocenters. The summed E-state index contributed by atoms with van der Waals surface area (Å²) >= 11 is 0. The van der Waals surface area contributed by atoms with E-state index < -0.39 is 0 Å². The minimum absolute atomic E-state index is 0.291. The molecule has 0 spiro atoms. The molecule has 0 aromatic heterocycles. The Morgan fingerprint density at radius 1 is 1.29 bits per heavy atom. The molecule has 0 nitrogen and oxygen atoms in total. The Morgan fingerprint density at radius 3 is 2.79 bits per heavy atom. The fourth-order valence-electron chi connectivity index (χ4n) is 1.96. The molecular formula is C13H16Si. The lowest BCUT2D eigenvalue weighted by atomic mass is 10.1. The van der Waals surface area contributed by atoms with Gasteiger partial charge in [0, 0.05) is 8.41 Å². The van der Waals surface area contributed by atoms with Gasteiger partial charge in [-0.3, -0.25) is 0 Å². The Hall–Kier alpha value is -0.953. The van der Waals surface area contributed by atoms with Crippen molar-refractivity contribution in [1.29, 1.82) is 0 Å². The fourth-order valence-corrected chi connectivity index (χ4v) is 3.20. The SMILES string of the molecule is C[Si](C)=C1C=CC=C1CC1=CCC=C1. The summed E-state index contributed by atoms with van der Waals surface area (Å²) in [6.07, 6.45) is 15.9. The van der Waals surface area contributed by atoms with Crippen molar-refractivity contribution in [3.05, 3.63) is 47.6 Å². The Morgan fingerprint density at radius 2 is 2.14 bits per heavy atom. The summed E-state index contributed by atoms with van der Waals surface area (Å²) in [5.74, 6) is 0. The Balaban J connectivity index is 2.14. The summed E-state index contributed by atoms with van der Waals surface area (Å²) in [5, 5.41) is 1.61. The van der Waals surface area contributed by atoms with Gasteiger partial charge in [-0.15, -0.1) is 0 Å². The van der Waals surface area contributed by atoms with Gasteiger partial charge in [0.25, 0.3) is 0 Å². The van der Waals surface area contributed by atoms with Crippen LogP contribution in [0, 0.1) is 0 Å². The zero-order chi connectivity index (χ0) is 9.97. The highest BCUT2D eigenvalue weighted by Crippen LogP contribution is 2.21. The van der Waals surface area contributed by atoms with Crippen LogP contribution in [0.2, 0.25) is 13.1 Å². The third kappa shape index (κ3) is 1.93. The van der Waals surface area contributed by atoms with Crippen molar-refractivity contribution in [3.8, 4) is 0 Å². The van der Waals surface area contributed by atoms with Crippen LogP contribution < -0.4 is 0 Å². The van der Waals surface area contributed by atoms with Crippen molar-refractivity contribution < 1.29 is 0 Å². The van der Waals surface area contributed by atoms with Gasteiger partial charge < -0.3 is 0 Å². The van der Waals surface area contributed by atoms with E-state index in [4.69, 9.17) is 0 Å². The van der Waals surface area contributed by atoms with Crippen LogP contribution in [-0.4, -0.2) is 13.6 Å². The van der Waals surface area contributed by atoms with E-state index in [1.54, 1.807) is 10.7 Å². The lowest BCUT2D eigenvalue weighted by Gasteiger charge is -2.06. The van der Waals surface area contributed by atoms with Crippen molar-refractivity contribution in [1.82, 2.24) is 0 Å². The average molecular weight is 200 g/mol. The quantitative estimate of drug-likeness (QED) is 0.600. The number of rotatable bonds is 2. The van der Waals surface area contributed by atoms with Crippen LogP contribution in [0.1, 0.15) is 12.8 Å². The standard InChI is InChI=1S/C13H16Si/c1-14(2)13-9-5-8-12(13)10-11-6-3-4-7-11/h3,5-9H,4,10H2,1-2H3. The normalized spacial score (nSPS) is 18.9. The van der Waals surface area contributed by atoms with Crippen molar-refractivity contribution >= 4 is 13.6 Å². The predicted molar refractivity (Wildman–Crippen MR) is 66.2 cm³/mol. The first-order valence-corrected chi connectivity index (χ1v) is 7.68. The van der Waals surface area contributed by atoms with Gasteiger partial charge in [-0.25, -0.2) is 0 Å². The topological polar surface area (TPSA) is 0 Å². The Labute approximate surface area is 87.6 Å². The van der Waals surface area contributed by atoms with E-state index in [-0.39, 0.29) is 8.41 Å². The van der Waals surface area contributed by atoms with Crippen molar-refractivity contribution in [2.45, 2.75) is 25.9 Å². The van der Waals surface area contributed by atoms with Gasteiger partial charge in [0.15, 0.2) is 0 Å². The van der Waals surface area contributed by atoms with Crippen LogP contribution in [0.25, 0.3) is 0 Å². The average Bonchev–Trinajstić information content (AvgIpc) is 2.75. The molecule has 0 aromatic carbocycles. The third-order valence-electron chi connectivity index (χ3n) is 2.69. The van der Waals surface area contributed by atoms with Gasteiger partial charge in [0.05, 0.1) is 0 Å². The first kappa shape index (κ1) is 9.60. The molecule has 0 saturated carbocycles. The molecule has 14 heavy (non-hydrogen) atoms. The van der Waals surface area contributed by atoms with Gasteiger partial charge in [0.1, 0.15) is 0 Å². The summed E-state index contributed by atoms with van der Waals surface area (Å²) in [7, 11) is -0.291. The van der Waals surface area contributed by atoms with E-state index in [0.29, 0.717) is 0 Å². The molecule has 0 saturated heterocycles. The van der Waals surface area contributed by atoms with Gasteiger partial charge in [-0.2, -0.15) is 0 Å². The van der Waals surface area contributed by atoms with Crippen molar-refractivity contribution in [2.75, 3.05) is 0 Å². The second kappa shape index (κ2) is 4.05. The predicted octanol–water partition coefficient (Wildman–Crippen LogP) is 3.27. The van der Waals surface area contributed by atoms with Crippen LogP contribution in [0.3, 0.4) is 0 Å². The van der Waals surface area contributed by atoms with E-state index in [0.717, 1.165) is 12.8 Å². The first-order chi connectivity index (χ1) is 6.77. The lowest BCUT2D eigenvalue weighted by Crippen LogP contribution is -2.07. The zero-order valence-electron chi connectivity index (χ0n) is 8.88. The van der Waals surface area contributed by atoms with Crippen LogP contribution in [-0.2, 0) is 0 Å². The minimum Gasteiger partial charge on any atom is -0.0805 e. The summed E-state index contributed by atoms with van der Waals surface area (Å²) in [5.41, 5.74) is 3.03. The number of allylic oxidation sites excluding steroid dienone is 8. The molecule has 0 aromatic rings. The maximum Gasteiger partial charge on any atom is 0.0132 e. The van der Waals surface area contributed by atoms with E-state index in [2.05, 4.69) is 49.6 Å². The second-order valence-electron chi connectivity index (χ2n) is 4.06. The van der Waals surface area contributed by atoms with Crippen LogP contribution in [0.5, 0.6) is 0 Å². The van der Waals surface area contributed by atoms with Crippen molar-refractivity contribution in [3.63, 3.8) is 0 Å². The van der Waals surface area contributed by atoms with Gasteiger partial charge in [-0.05, 0) is 29.2 Å². The highest BCUT2D eigenvalue weighted by atomic mass is 28.2. The minimum atomic E-state index is -0.291. The zero-order valence-corrected chi connectivity index (χ0v) is 9.88. The number of hydrogen-bond donors (Lipinski definition) is 0. The van der Waals surface area contributed by atoms with E-state index in [1.807, 2.05) is 0 Å². The summed E-state index contributed by atoms with van der Waals surface area (Å²) in [6.45, 7) is 4.73. The Bertz CT molecular complexity index is 385. The molecule has 0 amide bonds.